The minimum Gasteiger partial charge on any atom is -0.306 e. The summed E-state index contributed by atoms with van der Waals surface area (Å²) in [6, 6.07) is 4.30. The van der Waals surface area contributed by atoms with Crippen molar-refractivity contribution in [2.75, 3.05) is 6.54 Å². The van der Waals surface area contributed by atoms with Crippen LogP contribution >= 0.6 is 0 Å². The van der Waals surface area contributed by atoms with Gasteiger partial charge in [0.05, 0.1) is 5.54 Å². The number of nitrogens with one attached hydrogen (secondary N) is 1. The Balaban J connectivity index is 2.95. The highest BCUT2D eigenvalue weighted by Gasteiger charge is 2.26. The molecular weight excluding hydrogens is 222 g/mol. The van der Waals surface area contributed by atoms with Crippen LogP contribution < -0.4 is 5.32 Å². The van der Waals surface area contributed by atoms with E-state index in [1.54, 1.807) is 0 Å². The Morgan fingerprint density at radius 1 is 1.17 bits per heavy atom. The van der Waals surface area contributed by atoms with Crippen molar-refractivity contribution in [2.24, 2.45) is 0 Å². The third-order valence-electron chi connectivity index (χ3n) is 3.49. The molecule has 0 fully saturated rings. The van der Waals surface area contributed by atoms with Gasteiger partial charge in [0, 0.05) is 6.42 Å². The highest BCUT2D eigenvalue weighted by atomic mass is 16.1. The van der Waals surface area contributed by atoms with Crippen molar-refractivity contribution in [1.29, 1.82) is 0 Å². The first kappa shape index (κ1) is 14.9. The molecule has 0 unspecified atom stereocenters. The number of carbonyl (C=O) groups excluding carboxylic acids is 1. The van der Waals surface area contributed by atoms with Crippen molar-refractivity contribution in [2.45, 2.75) is 53.5 Å². The number of Topliss-reactive ketones (excluding diaryl/α,β-unsaturated/α-hetero) is 1. The molecule has 100 valence electrons. The van der Waals surface area contributed by atoms with Crippen molar-refractivity contribution >= 4 is 5.78 Å². The first-order chi connectivity index (χ1) is 8.27. The molecule has 0 aliphatic rings. The van der Waals surface area contributed by atoms with E-state index in [-0.39, 0.29) is 5.78 Å². The summed E-state index contributed by atoms with van der Waals surface area (Å²) in [5.74, 6) is 0.249. The van der Waals surface area contributed by atoms with Crippen molar-refractivity contribution in [1.82, 2.24) is 5.32 Å². The lowest BCUT2D eigenvalue weighted by Crippen LogP contribution is -2.47. The molecule has 1 aromatic carbocycles. The maximum absolute atomic E-state index is 12.4. The van der Waals surface area contributed by atoms with E-state index in [0.29, 0.717) is 6.42 Å². The summed E-state index contributed by atoms with van der Waals surface area (Å²) in [6.07, 6.45) is 0.512. The smallest absolute Gasteiger partial charge is 0.156 e. The fourth-order valence-electron chi connectivity index (χ4n) is 2.41. The average molecular weight is 247 g/mol. The molecule has 0 saturated carbocycles. The lowest BCUT2D eigenvalue weighted by molar-refractivity contribution is -0.123. The Bertz CT molecular complexity index is 423. The third-order valence-corrected chi connectivity index (χ3v) is 3.49. The van der Waals surface area contributed by atoms with Crippen LogP contribution in [-0.4, -0.2) is 17.9 Å². The van der Waals surface area contributed by atoms with Crippen LogP contribution in [0.4, 0.5) is 0 Å². The van der Waals surface area contributed by atoms with Gasteiger partial charge in [-0.3, -0.25) is 4.79 Å². The number of likely N-dealkylation sites (N-methyl/N-ethyl adjacent to an activating group) is 1. The molecule has 2 nitrogen and oxygen atoms in total. The highest BCUT2D eigenvalue weighted by molar-refractivity contribution is 5.89. The molecule has 18 heavy (non-hydrogen) atoms. The molecule has 0 heterocycles. The van der Waals surface area contributed by atoms with Crippen molar-refractivity contribution in [3.05, 3.63) is 34.4 Å². The van der Waals surface area contributed by atoms with Gasteiger partial charge in [-0.1, -0.05) is 24.6 Å². The van der Waals surface area contributed by atoms with Crippen LogP contribution in [0.15, 0.2) is 12.1 Å². The predicted octanol–water partition coefficient (Wildman–Crippen LogP) is 3.11. The largest absolute Gasteiger partial charge is 0.306 e. The van der Waals surface area contributed by atoms with E-state index in [4.69, 9.17) is 0 Å². The molecule has 1 N–H and O–H groups in total. The van der Waals surface area contributed by atoms with Crippen LogP contribution in [0, 0.1) is 20.8 Å². The Labute approximate surface area is 111 Å². The van der Waals surface area contributed by atoms with Gasteiger partial charge in [0.1, 0.15) is 0 Å². The maximum Gasteiger partial charge on any atom is 0.156 e. The Morgan fingerprint density at radius 3 is 2.11 bits per heavy atom. The number of carbonyl (C=O) groups is 1. The normalized spacial score (nSPS) is 11.7. The van der Waals surface area contributed by atoms with E-state index in [9.17, 15) is 4.79 Å². The van der Waals surface area contributed by atoms with Crippen LogP contribution in [0.25, 0.3) is 0 Å². The van der Waals surface area contributed by atoms with Crippen LogP contribution in [0.5, 0.6) is 0 Å². The monoisotopic (exact) mass is 247 g/mol. The van der Waals surface area contributed by atoms with Crippen molar-refractivity contribution in [3.63, 3.8) is 0 Å². The average Bonchev–Trinajstić information content (AvgIpc) is 2.22. The molecule has 0 bridgehead atoms. The summed E-state index contributed by atoms with van der Waals surface area (Å²) in [4.78, 5) is 12.4. The highest BCUT2D eigenvalue weighted by Crippen LogP contribution is 2.19. The molecule has 0 spiro atoms. The van der Waals surface area contributed by atoms with Gasteiger partial charge in [-0.2, -0.15) is 0 Å². The molecule has 2 heteroatoms. The summed E-state index contributed by atoms with van der Waals surface area (Å²) in [7, 11) is 0. The maximum atomic E-state index is 12.4. The summed E-state index contributed by atoms with van der Waals surface area (Å²) >= 11 is 0. The second kappa shape index (κ2) is 5.66. The van der Waals surface area contributed by atoms with Gasteiger partial charge in [0.25, 0.3) is 0 Å². The lowest BCUT2D eigenvalue weighted by atomic mass is 9.89. The Hall–Kier alpha value is -1.15. The molecule has 0 amide bonds. The van der Waals surface area contributed by atoms with Gasteiger partial charge < -0.3 is 5.32 Å². The zero-order valence-corrected chi connectivity index (χ0v) is 12.5. The molecule has 1 rings (SSSR count). The van der Waals surface area contributed by atoms with E-state index < -0.39 is 5.54 Å². The van der Waals surface area contributed by atoms with Gasteiger partial charge in [-0.25, -0.2) is 0 Å². The third kappa shape index (κ3) is 3.42. The van der Waals surface area contributed by atoms with Gasteiger partial charge in [-0.15, -0.1) is 0 Å². The number of hydrogen-bond donors (Lipinski definition) is 1. The summed E-state index contributed by atoms with van der Waals surface area (Å²) in [5.41, 5.74) is 4.42. The molecule has 0 atom stereocenters. The lowest BCUT2D eigenvalue weighted by Gasteiger charge is -2.25. The molecule has 1 aromatic rings. The van der Waals surface area contributed by atoms with Gasteiger partial charge in [-0.05, 0) is 57.9 Å². The number of rotatable bonds is 5. The molecular formula is C16H25NO. The number of ketones is 1. The predicted molar refractivity (Wildman–Crippen MR) is 77.1 cm³/mol. The molecule has 0 aliphatic heterocycles. The first-order valence-corrected chi connectivity index (χ1v) is 6.63. The SMILES string of the molecule is CCNC(C)(C)C(=O)Cc1c(C)cc(C)cc1C. The quantitative estimate of drug-likeness (QED) is 0.866. The molecule has 0 aliphatic carbocycles. The summed E-state index contributed by atoms with van der Waals surface area (Å²) in [6.45, 7) is 13.0. The second-order valence-electron chi connectivity index (χ2n) is 5.63. The van der Waals surface area contributed by atoms with Gasteiger partial charge >= 0.3 is 0 Å². The minimum absolute atomic E-state index is 0.249. The number of aryl methyl sites for hydroxylation is 3. The van der Waals surface area contributed by atoms with E-state index in [0.717, 1.165) is 6.54 Å². The molecule has 0 saturated heterocycles. The van der Waals surface area contributed by atoms with E-state index in [1.165, 1.54) is 22.3 Å². The summed E-state index contributed by atoms with van der Waals surface area (Å²) < 4.78 is 0. The summed E-state index contributed by atoms with van der Waals surface area (Å²) in [5, 5.41) is 3.24. The van der Waals surface area contributed by atoms with Crippen molar-refractivity contribution < 1.29 is 4.79 Å². The Morgan fingerprint density at radius 2 is 1.67 bits per heavy atom. The minimum atomic E-state index is -0.446. The Kier molecular flexibility index (Phi) is 4.69. The van der Waals surface area contributed by atoms with E-state index >= 15 is 0 Å². The zero-order chi connectivity index (χ0) is 13.9. The number of hydrogen-bond acceptors (Lipinski definition) is 2. The fraction of sp³-hybridized carbons (Fsp3) is 0.562. The number of benzene rings is 1. The topological polar surface area (TPSA) is 29.1 Å². The van der Waals surface area contributed by atoms with Crippen LogP contribution in [0.2, 0.25) is 0 Å². The standard InChI is InChI=1S/C16H25NO/c1-7-17-16(5,6)15(18)10-14-12(3)8-11(2)9-13(14)4/h8-9,17H,7,10H2,1-6H3. The van der Waals surface area contributed by atoms with Crippen molar-refractivity contribution in [3.8, 4) is 0 Å². The first-order valence-electron chi connectivity index (χ1n) is 6.63. The fourth-order valence-corrected chi connectivity index (χ4v) is 2.41. The van der Waals surface area contributed by atoms with Crippen LogP contribution in [-0.2, 0) is 11.2 Å². The van der Waals surface area contributed by atoms with Gasteiger partial charge in [0.15, 0.2) is 5.78 Å². The molecule has 0 radical (unpaired) electrons. The molecule has 0 aromatic heterocycles. The second-order valence-corrected chi connectivity index (χ2v) is 5.63. The zero-order valence-electron chi connectivity index (χ0n) is 12.5. The van der Waals surface area contributed by atoms with Crippen LogP contribution in [0.3, 0.4) is 0 Å². The van der Waals surface area contributed by atoms with E-state index in [2.05, 4.69) is 38.2 Å². The van der Waals surface area contributed by atoms with Crippen LogP contribution in [0.1, 0.15) is 43.0 Å². The van der Waals surface area contributed by atoms with Gasteiger partial charge in [0.2, 0.25) is 0 Å². The van der Waals surface area contributed by atoms with E-state index in [1.807, 2.05) is 20.8 Å².